The Bertz CT molecular complexity index is 2430. The number of nitrogens with zero attached hydrogens (tertiary/aromatic N) is 4. The molecule has 4 fully saturated rings. The van der Waals surface area contributed by atoms with E-state index in [0.29, 0.717) is 36.0 Å². The third-order valence-electron chi connectivity index (χ3n) is 16.4. The highest BCUT2D eigenvalue weighted by molar-refractivity contribution is 9.10. The van der Waals surface area contributed by atoms with E-state index < -0.39 is 5.60 Å². The van der Waals surface area contributed by atoms with Gasteiger partial charge in [0.25, 0.3) is 0 Å². The second-order valence-corrected chi connectivity index (χ2v) is 25.0. The number of amides is 2. The topological polar surface area (TPSA) is 105 Å². The van der Waals surface area contributed by atoms with Crippen LogP contribution in [0.3, 0.4) is 0 Å². The maximum Gasteiger partial charge on any atom is 0.309 e. The highest BCUT2D eigenvalue weighted by Crippen LogP contribution is 2.45. The van der Waals surface area contributed by atoms with Gasteiger partial charge in [0.05, 0.1) is 17.3 Å². The van der Waals surface area contributed by atoms with Crippen molar-refractivity contribution in [3.8, 4) is 0 Å². The number of pyridine rings is 2. The Morgan fingerprint density at radius 2 is 1.03 bits per heavy atom. The van der Waals surface area contributed by atoms with Gasteiger partial charge in [-0.1, -0.05) is 35.3 Å². The number of carbonyl (C=O) groups is 3. The molecule has 2 unspecified atom stereocenters. The van der Waals surface area contributed by atoms with Gasteiger partial charge in [-0.15, -0.1) is 0 Å². The molecule has 2 aromatic heterocycles. The fourth-order valence-corrected chi connectivity index (χ4v) is 13.9. The molecule has 10 rings (SSSR count). The van der Waals surface area contributed by atoms with Gasteiger partial charge in [0, 0.05) is 82.2 Å². The lowest BCUT2D eigenvalue weighted by atomic mass is 9.76. The van der Waals surface area contributed by atoms with Crippen LogP contribution in [0.4, 0.5) is 0 Å². The third-order valence-corrected chi connectivity index (χ3v) is 17.8. The molecule has 1 saturated carbocycles. The predicted octanol–water partition coefficient (Wildman–Crippen LogP) is 12.9. The number of fused-ring (bicyclic) bond motifs is 4. The average Bonchev–Trinajstić information content (AvgIpc) is 3.61. The van der Waals surface area contributed by atoms with Crippen LogP contribution in [0.5, 0.6) is 0 Å². The number of benzene rings is 2. The zero-order valence-electron chi connectivity index (χ0n) is 41.8. The number of nitrogens with one attached hydrogen (secondary N) is 1. The zero-order chi connectivity index (χ0) is 49.8. The van der Waals surface area contributed by atoms with E-state index in [2.05, 4.69) is 83.4 Å². The zero-order valence-corrected chi connectivity index (χ0v) is 46.5. The number of hydrogen-bond acceptors (Lipinski definition) is 7. The number of esters is 1. The van der Waals surface area contributed by atoms with Gasteiger partial charge in [0.1, 0.15) is 5.60 Å². The summed E-state index contributed by atoms with van der Waals surface area (Å²) in [5.74, 6) is 2.85. The monoisotopic (exact) mass is 1130 g/mol. The smallest absolute Gasteiger partial charge is 0.309 e. The first-order chi connectivity index (χ1) is 34.2. The van der Waals surface area contributed by atoms with Crippen LogP contribution < -0.4 is 5.32 Å². The molecule has 3 saturated heterocycles. The molecule has 2 amide bonds. The van der Waals surface area contributed by atoms with Crippen molar-refractivity contribution in [2.24, 2.45) is 29.6 Å². The Balaban J connectivity index is 0.000000179. The third kappa shape index (κ3) is 13.1. The standard InChI is InChI=1S/C32H40BrClN2O3.C26H31BrClN3O/c1-32(2,3)39-31(38)22-6-4-20(5-7-22)16-28(37)36-14-12-21(13-15-36)29-27-11-10-26(34)18-23(27)8-9-24-17-25(33)19-35-30(24)29;27-21-14-20-2-1-19-15-22(28)3-4-23(19)25(26(20)30-16-21)18-7-11-31(12-8-18)24(32)13-17-5-9-29-10-6-17/h10-11,17-22,29H,4-9,12-16H2,1-3H3;3-4,14-18,25,29H,1-2,5-13H2. The number of aromatic nitrogens is 2. The first kappa shape index (κ1) is 52.5. The van der Waals surface area contributed by atoms with E-state index in [1.807, 2.05) is 45.3 Å². The Hall–Kier alpha value is -3.35. The molecule has 380 valence electrons. The van der Waals surface area contributed by atoms with E-state index in [1.165, 1.54) is 44.8 Å². The molecule has 4 aromatic rings. The maximum absolute atomic E-state index is 13.3. The molecule has 3 aliphatic carbocycles. The van der Waals surface area contributed by atoms with Crippen LogP contribution in [0.25, 0.3) is 0 Å². The molecule has 13 heteroatoms. The van der Waals surface area contributed by atoms with Crippen molar-refractivity contribution in [1.29, 1.82) is 0 Å². The van der Waals surface area contributed by atoms with Crippen molar-refractivity contribution in [3.63, 3.8) is 0 Å². The van der Waals surface area contributed by atoms with Crippen molar-refractivity contribution in [3.05, 3.63) is 125 Å². The summed E-state index contributed by atoms with van der Waals surface area (Å²) < 4.78 is 7.64. The molecule has 0 radical (unpaired) electrons. The van der Waals surface area contributed by atoms with E-state index >= 15 is 0 Å². The first-order valence-electron chi connectivity index (χ1n) is 26.5. The summed E-state index contributed by atoms with van der Waals surface area (Å²) in [4.78, 5) is 52.7. The minimum Gasteiger partial charge on any atom is -0.460 e. The molecule has 71 heavy (non-hydrogen) atoms. The van der Waals surface area contributed by atoms with Gasteiger partial charge in [-0.3, -0.25) is 24.4 Å². The lowest BCUT2D eigenvalue weighted by Gasteiger charge is -2.37. The average molecular weight is 1130 g/mol. The molecular formula is C58H71Br2Cl2N5O4. The van der Waals surface area contributed by atoms with Gasteiger partial charge in [0.2, 0.25) is 11.8 Å². The van der Waals surface area contributed by atoms with Crippen molar-refractivity contribution in [2.75, 3.05) is 39.3 Å². The van der Waals surface area contributed by atoms with Crippen LogP contribution in [-0.4, -0.2) is 82.4 Å². The van der Waals surface area contributed by atoms with E-state index in [4.69, 9.17) is 37.9 Å². The Morgan fingerprint density at radius 1 is 0.606 bits per heavy atom. The quantitative estimate of drug-likeness (QED) is 0.184. The van der Waals surface area contributed by atoms with E-state index in [9.17, 15) is 14.4 Å². The van der Waals surface area contributed by atoms with Crippen LogP contribution in [0.2, 0.25) is 10.0 Å². The fourth-order valence-electron chi connectivity index (χ4n) is 12.7. The minimum atomic E-state index is -0.448. The highest BCUT2D eigenvalue weighted by atomic mass is 79.9. The van der Waals surface area contributed by atoms with Crippen molar-refractivity contribution in [1.82, 2.24) is 25.1 Å². The molecule has 2 atom stereocenters. The van der Waals surface area contributed by atoms with Crippen LogP contribution in [0, 0.1) is 29.6 Å². The van der Waals surface area contributed by atoms with Gasteiger partial charge >= 0.3 is 5.97 Å². The van der Waals surface area contributed by atoms with Gasteiger partial charge in [-0.05, 0) is 249 Å². The van der Waals surface area contributed by atoms with Crippen LogP contribution >= 0.6 is 55.1 Å². The Kier molecular flexibility index (Phi) is 17.4. The van der Waals surface area contributed by atoms with Gasteiger partial charge < -0.3 is 19.9 Å². The summed E-state index contributed by atoms with van der Waals surface area (Å²) in [6.45, 7) is 11.1. The highest BCUT2D eigenvalue weighted by Gasteiger charge is 2.38. The Morgan fingerprint density at radius 3 is 1.46 bits per heavy atom. The van der Waals surface area contributed by atoms with Gasteiger partial charge in [0.15, 0.2) is 0 Å². The number of aryl methyl sites for hydroxylation is 4. The van der Waals surface area contributed by atoms with E-state index in [0.717, 1.165) is 155 Å². The van der Waals surface area contributed by atoms with E-state index in [-0.39, 0.29) is 29.6 Å². The Labute approximate surface area is 448 Å². The minimum absolute atomic E-state index is 0.0271. The number of ether oxygens (including phenoxy) is 1. The summed E-state index contributed by atoms with van der Waals surface area (Å²) in [6, 6.07) is 17.2. The largest absolute Gasteiger partial charge is 0.460 e. The fraction of sp³-hybridized carbons (Fsp3) is 0.569. The predicted molar refractivity (Wildman–Crippen MR) is 290 cm³/mol. The number of rotatable bonds is 7. The maximum atomic E-state index is 13.3. The van der Waals surface area contributed by atoms with E-state index in [1.54, 1.807) is 0 Å². The molecule has 6 aliphatic rings. The molecular weight excluding hydrogens is 1060 g/mol. The molecule has 5 heterocycles. The van der Waals surface area contributed by atoms with Gasteiger partial charge in [-0.25, -0.2) is 0 Å². The number of piperidine rings is 3. The summed E-state index contributed by atoms with van der Waals surface area (Å²) in [7, 11) is 0. The second kappa shape index (κ2) is 23.5. The molecule has 0 spiro atoms. The second-order valence-electron chi connectivity index (χ2n) is 22.3. The molecule has 0 bridgehead atoms. The first-order valence-corrected chi connectivity index (χ1v) is 28.8. The number of halogens is 4. The van der Waals surface area contributed by atoms with Crippen LogP contribution in [0.15, 0.2) is 69.9 Å². The normalized spacial score (nSPS) is 23.1. The van der Waals surface area contributed by atoms with Crippen molar-refractivity contribution in [2.45, 2.75) is 141 Å². The van der Waals surface area contributed by atoms with Crippen molar-refractivity contribution < 1.29 is 19.1 Å². The lowest BCUT2D eigenvalue weighted by Crippen LogP contribution is -2.41. The SMILES string of the molecule is CC(C)(C)OC(=O)C1CCC(CC(=O)N2CCC(C3c4ccc(Cl)cc4CCc4cc(Br)cnc43)CC2)CC1.O=C(CC1CCNCC1)N1CCC(C2c3ccc(Cl)cc3CCc3cc(Br)cnc32)CC1. The summed E-state index contributed by atoms with van der Waals surface area (Å²) >= 11 is 20.0. The van der Waals surface area contributed by atoms with Gasteiger partial charge in [-0.2, -0.15) is 0 Å². The number of likely N-dealkylation sites (tertiary alicyclic amines) is 2. The lowest BCUT2D eigenvalue weighted by molar-refractivity contribution is -0.161. The number of carbonyl (C=O) groups excluding carboxylic acids is 3. The summed E-state index contributed by atoms with van der Waals surface area (Å²) in [5.41, 5.74) is 9.99. The molecule has 9 nitrogen and oxygen atoms in total. The van der Waals surface area contributed by atoms with Crippen molar-refractivity contribution >= 4 is 72.8 Å². The summed E-state index contributed by atoms with van der Waals surface area (Å²) in [6.07, 6.45) is 18.8. The molecule has 2 aromatic carbocycles. The molecule has 1 N–H and O–H groups in total. The molecule has 3 aliphatic heterocycles. The summed E-state index contributed by atoms with van der Waals surface area (Å²) in [5, 5.41) is 4.99. The van der Waals surface area contributed by atoms with Crippen LogP contribution in [-0.2, 0) is 44.8 Å². The van der Waals surface area contributed by atoms with Crippen LogP contribution in [0.1, 0.15) is 154 Å². The number of hydrogen-bond donors (Lipinski definition) is 1.